The molecule has 3 heterocycles. The van der Waals surface area contributed by atoms with E-state index < -0.39 is 43.2 Å². The molecule has 1 saturated heterocycles. The molecule has 1 aromatic rings. The molecule has 3 rings (SSSR count). The van der Waals surface area contributed by atoms with Crippen LogP contribution < -0.4 is 10.6 Å². The van der Waals surface area contributed by atoms with E-state index in [9.17, 15) is 19.8 Å². The Kier molecular flexibility index (Phi) is 4.06. The highest BCUT2D eigenvalue weighted by Gasteiger charge is 2.45. The number of fused-ring (bicyclic) bond motifs is 1. The van der Waals surface area contributed by atoms with E-state index in [1.807, 2.05) is 0 Å². The molecule has 5 atom stereocenters. The number of carbonyl (C=O) groups is 2. The summed E-state index contributed by atoms with van der Waals surface area (Å²) in [6.07, 6.45) is -3.69. The molecule has 2 aliphatic rings. The first-order valence-corrected chi connectivity index (χ1v) is 7.18. The summed E-state index contributed by atoms with van der Waals surface area (Å²) < 4.78 is 6.81. The van der Waals surface area contributed by atoms with Gasteiger partial charge >= 0.3 is 0 Å². The summed E-state index contributed by atoms with van der Waals surface area (Å²) in [5, 5.41) is 34.7. The van der Waals surface area contributed by atoms with Gasteiger partial charge in [-0.3, -0.25) is 14.2 Å². The lowest BCUT2D eigenvalue weighted by Crippen LogP contribution is -2.46. The fourth-order valence-corrected chi connectivity index (χ4v) is 2.79. The van der Waals surface area contributed by atoms with E-state index in [2.05, 4.69) is 15.6 Å². The second kappa shape index (κ2) is 5.89. The van der Waals surface area contributed by atoms with Crippen molar-refractivity contribution >= 4 is 17.5 Å². The maximum atomic E-state index is 12.0. The smallest absolute Gasteiger partial charge is 0.275 e. The Hall–Kier alpha value is -2.01. The number of amides is 1. The fourth-order valence-electron chi connectivity index (χ4n) is 2.79. The van der Waals surface area contributed by atoms with Crippen LogP contribution in [-0.4, -0.2) is 67.6 Å². The Morgan fingerprint density at radius 2 is 2.13 bits per heavy atom. The Balaban J connectivity index is 1.89. The third kappa shape index (κ3) is 2.70. The molecule has 126 valence electrons. The molecule has 2 aliphatic heterocycles. The van der Waals surface area contributed by atoms with Crippen LogP contribution in [0.3, 0.4) is 0 Å². The summed E-state index contributed by atoms with van der Waals surface area (Å²) in [6.45, 7) is 0.958. The Morgan fingerprint density at radius 1 is 1.39 bits per heavy atom. The number of nitrogens with zero attached hydrogens (tertiary/aromatic N) is 2. The van der Waals surface area contributed by atoms with Crippen LogP contribution in [0.1, 0.15) is 30.1 Å². The van der Waals surface area contributed by atoms with E-state index in [4.69, 9.17) is 9.84 Å². The van der Waals surface area contributed by atoms with Gasteiger partial charge in [-0.25, -0.2) is 4.98 Å². The second-order valence-electron chi connectivity index (χ2n) is 5.65. The molecule has 0 aromatic carbocycles. The fraction of sp³-hybridized carbons (Fsp3) is 0.615. The molecule has 0 radical (unpaired) electrons. The molecule has 10 heteroatoms. The number of aliphatic hydroxyl groups is 3. The summed E-state index contributed by atoms with van der Waals surface area (Å²) >= 11 is 0. The number of anilines is 1. The third-order valence-electron chi connectivity index (χ3n) is 3.91. The van der Waals surface area contributed by atoms with Crippen LogP contribution in [-0.2, 0) is 9.53 Å². The number of ketones is 1. The normalized spacial score (nSPS) is 33.0. The molecule has 1 aromatic heterocycles. The molecule has 1 fully saturated rings. The van der Waals surface area contributed by atoms with Crippen molar-refractivity contribution in [1.29, 1.82) is 0 Å². The first-order valence-electron chi connectivity index (χ1n) is 7.18. The van der Waals surface area contributed by atoms with Crippen molar-refractivity contribution in [2.75, 3.05) is 11.9 Å². The standard InChI is InChI=1S/C13H18N4O6/c1-5(19)2-7-15-11-8(12(22)16-7)14-4-17(11)13-10(21)9(20)6(3-18)23-13/h4,6-7,9-10,13,15,18,20-21H,2-3H2,1H3,(H,16,22)/t6-,7?,9-,10-,13-/m1/s1. The number of nitrogens with one attached hydrogen (secondary N) is 2. The van der Waals surface area contributed by atoms with Gasteiger partial charge in [-0.1, -0.05) is 0 Å². The van der Waals surface area contributed by atoms with Crippen molar-refractivity contribution in [1.82, 2.24) is 14.9 Å². The van der Waals surface area contributed by atoms with E-state index >= 15 is 0 Å². The predicted molar refractivity (Wildman–Crippen MR) is 75.4 cm³/mol. The molecule has 0 spiro atoms. The number of ether oxygens (including phenoxy) is 1. The minimum atomic E-state index is -1.29. The zero-order valence-corrected chi connectivity index (χ0v) is 12.3. The van der Waals surface area contributed by atoms with Crippen LogP contribution in [0.4, 0.5) is 5.82 Å². The molecule has 0 bridgehead atoms. The van der Waals surface area contributed by atoms with Crippen molar-refractivity contribution in [2.24, 2.45) is 0 Å². The Bertz CT molecular complexity index is 632. The summed E-state index contributed by atoms with van der Waals surface area (Å²) in [7, 11) is 0. The number of hydrogen-bond acceptors (Lipinski definition) is 8. The average molecular weight is 326 g/mol. The van der Waals surface area contributed by atoms with E-state index in [1.165, 1.54) is 17.8 Å². The topological polar surface area (TPSA) is 146 Å². The van der Waals surface area contributed by atoms with Crippen molar-refractivity contribution < 1.29 is 29.6 Å². The summed E-state index contributed by atoms with van der Waals surface area (Å²) in [5.41, 5.74) is 0.0996. The summed E-state index contributed by atoms with van der Waals surface area (Å²) in [4.78, 5) is 27.3. The van der Waals surface area contributed by atoms with Crippen molar-refractivity contribution in [3.05, 3.63) is 12.0 Å². The maximum Gasteiger partial charge on any atom is 0.275 e. The first kappa shape index (κ1) is 15.9. The lowest BCUT2D eigenvalue weighted by atomic mass is 10.1. The van der Waals surface area contributed by atoms with Crippen LogP contribution in [0.5, 0.6) is 0 Å². The number of carbonyl (C=O) groups excluding carboxylic acids is 2. The van der Waals surface area contributed by atoms with Gasteiger partial charge in [-0.2, -0.15) is 0 Å². The highest BCUT2D eigenvalue weighted by Crippen LogP contribution is 2.33. The van der Waals surface area contributed by atoms with E-state index in [0.29, 0.717) is 0 Å². The van der Waals surface area contributed by atoms with Gasteiger partial charge in [-0.05, 0) is 6.92 Å². The minimum absolute atomic E-state index is 0.0896. The van der Waals surface area contributed by atoms with Crippen molar-refractivity contribution in [3.63, 3.8) is 0 Å². The summed E-state index contributed by atoms with van der Waals surface area (Å²) in [5.74, 6) is -0.268. The molecule has 23 heavy (non-hydrogen) atoms. The second-order valence-corrected chi connectivity index (χ2v) is 5.65. The maximum absolute atomic E-state index is 12.0. The molecule has 5 N–H and O–H groups in total. The highest BCUT2D eigenvalue weighted by atomic mass is 16.6. The number of rotatable bonds is 4. The zero-order valence-electron chi connectivity index (χ0n) is 12.3. The minimum Gasteiger partial charge on any atom is -0.394 e. The quantitative estimate of drug-likeness (QED) is 0.425. The molecule has 0 aliphatic carbocycles. The van der Waals surface area contributed by atoms with E-state index in [0.717, 1.165) is 0 Å². The Morgan fingerprint density at radius 3 is 2.74 bits per heavy atom. The lowest BCUT2D eigenvalue weighted by Gasteiger charge is -2.27. The first-order chi connectivity index (χ1) is 10.9. The van der Waals surface area contributed by atoms with Gasteiger partial charge in [0.2, 0.25) is 0 Å². The van der Waals surface area contributed by atoms with Gasteiger partial charge in [0.05, 0.1) is 12.9 Å². The molecular formula is C13H18N4O6. The van der Waals surface area contributed by atoms with Crippen LogP contribution in [0.25, 0.3) is 0 Å². The van der Waals surface area contributed by atoms with Gasteiger partial charge < -0.3 is 30.7 Å². The molecular weight excluding hydrogens is 308 g/mol. The van der Waals surface area contributed by atoms with Crippen LogP contribution in [0, 0.1) is 0 Å². The predicted octanol–water partition coefficient (Wildman–Crippen LogP) is -2.04. The number of hydrogen-bond donors (Lipinski definition) is 5. The summed E-state index contributed by atoms with van der Waals surface area (Å²) in [6, 6.07) is 0. The largest absolute Gasteiger partial charge is 0.394 e. The van der Waals surface area contributed by atoms with Crippen LogP contribution >= 0.6 is 0 Å². The Labute approximate surface area is 131 Å². The van der Waals surface area contributed by atoms with E-state index in [-0.39, 0.29) is 23.7 Å². The van der Waals surface area contributed by atoms with Crippen LogP contribution in [0.15, 0.2) is 6.33 Å². The van der Waals surface area contributed by atoms with Gasteiger partial charge in [0, 0.05) is 6.42 Å². The van der Waals surface area contributed by atoms with Crippen molar-refractivity contribution in [3.8, 4) is 0 Å². The number of aliphatic hydroxyl groups excluding tert-OH is 3. The number of aromatic nitrogens is 2. The zero-order chi connectivity index (χ0) is 16.7. The molecule has 10 nitrogen and oxygen atoms in total. The molecule has 1 unspecified atom stereocenters. The van der Waals surface area contributed by atoms with Crippen molar-refractivity contribution in [2.45, 2.75) is 44.1 Å². The SMILES string of the molecule is CC(=O)CC1NC(=O)c2ncn([C@@H]3O[C@H](CO)[C@@H](O)[C@H]3O)c2N1. The lowest BCUT2D eigenvalue weighted by molar-refractivity contribution is -0.117. The number of Topliss-reactive ketones (excluding diaryl/α,β-unsaturated/α-hetero) is 1. The molecule has 0 saturated carbocycles. The monoisotopic (exact) mass is 326 g/mol. The molecule has 1 amide bonds. The third-order valence-corrected chi connectivity index (χ3v) is 3.91. The van der Waals surface area contributed by atoms with Crippen LogP contribution in [0.2, 0.25) is 0 Å². The van der Waals surface area contributed by atoms with Gasteiger partial charge in [0.25, 0.3) is 5.91 Å². The number of imidazole rings is 1. The van der Waals surface area contributed by atoms with Gasteiger partial charge in [0.15, 0.2) is 11.9 Å². The van der Waals surface area contributed by atoms with Gasteiger partial charge in [-0.15, -0.1) is 0 Å². The van der Waals surface area contributed by atoms with E-state index in [1.54, 1.807) is 0 Å². The van der Waals surface area contributed by atoms with Gasteiger partial charge in [0.1, 0.15) is 36.1 Å². The highest BCUT2D eigenvalue weighted by molar-refractivity contribution is 5.99. The average Bonchev–Trinajstić information content (AvgIpc) is 3.01.